The lowest BCUT2D eigenvalue weighted by Gasteiger charge is -2.28. The fourth-order valence-electron chi connectivity index (χ4n) is 2.20. The molecule has 4 N–H and O–H groups in total. The minimum absolute atomic E-state index is 0.0380. The van der Waals surface area contributed by atoms with E-state index in [0.29, 0.717) is 19.4 Å². The molecule has 0 heterocycles. The highest BCUT2D eigenvalue weighted by molar-refractivity contribution is 6.06. The van der Waals surface area contributed by atoms with Gasteiger partial charge in [0.2, 0.25) is 5.91 Å². The second kappa shape index (κ2) is 6.93. The third-order valence-corrected chi connectivity index (χ3v) is 3.81. The van der Waals surface area contributed by atoms with Crippen molar-refractivity contribution >= 4 is 11.7 Å². The average Bonchev–Trinajstić information content (AvgIpc) is 2.48. The standard InChI is InChI=1S/C15H23N3O2/c1-4-15(5-2,13(16)18-20)14(19)17-10-12-8-6-11(3)7-9-12/h6-9,20H,4-5,10H2,1-3H3,(H2,16,18)(H,17,19). The van der Waals surface area contributed by atoms with Gasteiger partial charge in [-0.25, -0.2) is 0 Å². The van der Waals surface area contributed by atoms with Crippen LogP contribution in [0.5, 0.6) is 0 Å². The van der Waals surface area contributed by atoms with Crippen LogP contribution in [0.25, 0.3) is 0 Å². The van der Waals surface area contributed by atoms with E-state index in [1.165, 1.54) is 5.56 Å². The highest BCUT2D eigenvalue weighted by Gasteiger charge is 2.39. The van der Waals surface area contributed by atoms with E-state index in [0.717, 1.165) is 5.56 Å². The van der Waals surface area contributed by atoms with Crippen molar-refractivity contribution in [3.05, 3.63) is 35.4 Å². The van der Waals surface area contributed by atoms with Gasteiger partial charge in [-0.15, -0.1) is 0 Å². The molecule has 0 spiro atoms. The number of hydrogen-bond donors (Lipinski definition) is 3. The van der Waals surface area contributed by atoms with Crippen LogP contribution in [0.2, 0.25) is 0 Å². The van der Waals surface area contributed by atoms with Crippen molar-refractivity contribution in [2.45, 2.75) is 40.2 Å². The topological polar surface area (TPSA) is 87.7 Å². The van der Waals surface area contributed by atoms with E-state index in [2.05, 4.69) is 10.5 Å². The largest absolute Gasteiger partial charge is 0.409 e. The molecule has 0 atom stereocenters. The first kappa shape index (κ1) is 16.0. The Morgan fingerprint density at radius 2 is 1.85 bits per heavy atom. The molecule has 20 heavy (non-hydrogen) atoms. The Labute approximate surface area is 119 Å². The maximum Gasteiger partial charge on any atom is 0.234 e. The van der Waals surface area contributed by atoms with Gasteiger partial charge in [0.1, 0.15) is 5.41 Å². The van der Waals surface area contributed by atoms with Crippen molar-refractivity contribution < 1.29 is 10.0 Å². The van der Waals surface area contributed by atoms with Gasteiger partial charge >= 0.3 is 0 Å². The third kappa shape index (κ3) is 3.29. The molecule has 5 nitrogen and oxygen atoms in total. The maximum absolute atomic E-state index is 12.4. The van der Waals surface area contributed by atoms with Crippen molar-refractivity contribution in [1.29, 1.82) is 0 Å². The van der Waals surface area contributed by atoms with Crippen molar-refractivity contribution in [3.8, 4) is 0 Å². The first-order valence-corrected chi connectivity index (χ1v) is 6.82. The molecule has 1 aromatic rings. The van der Waals surface area contributed by atoms with E-state index >= 15 is 0 Å². The van der Waals surface area contributed by atoms with E-state index in [-0.39, 0.29) is 11.7 Å². The number of nitrogens with zero attached hydrogens (tertiary/aromatic N) is 1. The van der Waals surface area contributed by atoms with Crippen LogP contribution in [0.3, 0.4) is 0 Å². The van der Waals surface area contributed by atoms with Crippen LogP contribution in [-0.4, -0.2) is 17.0 Å². The highest BCUT2D eigenvalue weighted by Crippen LogP contribution is 2.27. The van der Waals surface area contributed by atoms with E-state index in [1.807, 2.05) is 45.0 Å². The van der Waals surface area contributed by atoms with Gasteiger partial charge in [-0.2, -0.15) is 0 Å². The molecule has 0 aliphatic rings. The lowest BCUT2D eigenvalue weighted by Crippen LogP contribution is -2.49. The fourth-order valence-corrected chi connectivity index (χ4v) is 2.20. The van der Waals surface area contributed by atoms with Gasteiger partial charge in [-0.05, 0) is 25.3 Å². The summed E-state index contributed by atoms with van der Waals surface area (Å²) in [6.45, 7) is 6.15. The number of aryl methyl sites for hydroxylation is 1. The van der Waals surface area contributed by atoms with Crippen LogP contribution in [0, 0.1) is 12.3 Å². The molecule has 0 radical (unpaired) electrons. The Bertz CT molecular complexity index is 476. The predicted octanol–water partition coefficient (Wildman–Crippen LogP) is 2.16. The lowest BCUT2D eigenvalue weighted by atomic mass is 9.80. The fraction of sp³-hybridized carbons (Fsp3) is 0.467. The smallest absolute Gasteiger partial charge is 0.234 e. The second-order valence-electron chi connectivity index (χ2n) is 4.94. The Morgan fingerprint density at radius 1 is 1.30 bits per heavy atom. The maximum atomic E-state index is 12.4. The van der Waals surface area contributed by atoms with Crippen molar-refractivity contribution in [1.82, 2.24) is 5.32 Å². The molecule has 1 rings (SSSR count). The van der Waals surface area contributed by atoms with Gasteiger partial charge in [0.15, 0.2) is 5.84 Å². The Hall–Kier alpha value is -2.04. The van der Waals surface area contributed by atoms with Gasteiger partial charge in [-0.3, -0.25) is 4.79 Å². The molecule has 110 valence electrons. The number of amides is 1. The molecule has 0 aliphatic heterocycles. The summed E-state index contributed by atoms with van der Waals surface area (Å²) in [5.74, 6) is -0.248. The minimum atomic E-state index is -0.945. The number of oxime groups is 1. The zero-order chi connectivity index (χ0) is 15.2. The molecule has 0 bridgehead atoms. The number of nitrogens with two attached hydrogens (primary N) is 1. The van der Waals surface area contributed by atoms with E-state index in [4.69, 9.17) is 10.9 Å². The molecule has 1 amide bonds. The summed E-state index contributed by atoms with van der Waals surface area (Å²) < 4.78 is 0. The van der Waals surface area contributed by atoms with E-state index in [1.54, 1.807) is 0 Å². The molecule has 0 unspecified atom stereocenters. The molecule has 0 fully saturated rings. The van der Waals surface area contributed by atoms with Crippen LogP contribution in [0.4, 0.5) is 0 Å². The number of nitrogens with one attached hydrogen (secondary N) is 1. The molecule has 0 aliphatic carbocycles. The van der Waals surface area contributed by atoms with E-state index in [9.17, 15) is 4.79 Å². The summed E-state index contributed by atoms with van der Waals surface area (Å²) >= 11 is 0. The molecule has 0 aromatic heterocycles. The quantitative estimate of drug-likeness (QED) is 0.322. The highest BCUT2D eigenvalue weighted by atomic mass is 16.4. The summed E-state index contributed by atoms with van der Waals surface area (Å²) in [7, 11) is 0. The number of carbonyl (C=O) groups excluding carboxylic acids is 1. The molecular weight excluding hydrogens is 254 g/mol. The monoisotopic (exact) mass is 277 g/mol. The number of benzene rings is 1. The van der Waals surface area contributed by atoms with Gasteiger partial charge in [-0.1, -0.05) is 48.8 Å². The summed E-state index contributed by atoms with van der Waals surface area (Å²) in [5.41, 5.74) is 6.95. The zero-order valence-electron chi connectivity index (χ0n) is 12.3. The van der Waals surface area contributed by atoms with Crippen LogP contribution < -0.4 is 11.1 Å². The van der Waals surface area contributed by atoms with Gasteiger partial charge in [0.25, 0.3) is 0 Å². The van der Waals surface area contributed by atoms with Gasteiger partial charge in [0.05, 0.1) is 0 Å². The number of hydrogen-bond acceptors (Lipinski definition) is 3. The zero-order valence-corrected chi connectivity index (χ0v) is 12.3. The second-order valence-corrected chi connectivity index (χ2v) is 4.94. The van der Waals surface area contributed by atoms with Crippen LogP contribution >= 0.6 is 0 Å². The Kier molecular flexibility index (Phi) is 5.55. The van der Waals surface area contributed by atoms with Crippen molar-refractivity contribution in [2.24, 2.45) is 16.3 Å². The normalized spacial score (nSPS) is 12.2. The number of amidine groups is 1. The summed E-state index contributed by atoms with van der Waals surface area (Å²) in [4.78, 5) is 12.4. The molecule has 1 aromatic carbocycles. The van der Waals surface area contributed by atoms with Crippen LogP contribution in [-0.2, 0) is 11.3 Å². The molecule has 5 heteroatoms. The summed E-state index contributed by atoms with van der Waals surface area (Å²) in [6, 6.07) is 7.94. The predicted molar refractivity (Wildman–Crippen MR) is 79.4 cm³/mol. The van der Waals surface area contributed by atoms with Gasteiger partial charge < -0.3 is 16.3 Å². The van der Waals surface area contributed by atoms with Crippen LogP contribution in [0.1, 0.15) is 37.8 Å². The molecule has 0 saturated heterocycles. The minimum Gasteiger partial charge on any atom is -0.409 e. The number of rotatable bonds is 6. The van der Waals surface area contributed by atoms with Crippen molar-refractivity contribution in [3.63, 3.8) is 0 Å². The SMILES string of the molecule is CCC(CC)(C(=O)NCc1ccc(C)cc1)C(N)=NO. The summed E-state index contributed by atoms with van der Waals surface area (Å²) in [5, 5.41) is 14.8. The first-order chi connectivity index (χ1) is 9.50. The van der Waals surface area contributed by atoms with Gasteiger partial charge in [0, 0.05) is 6.54 Å². The third-order valence-electron chi connectivity index (χ3n) is 3.81. The van der Waals surface area contributed by atoms with E-state index < -0.39 is 5.41 Å². The van der Waals surface area contributed by atoms with Crippen molar-refractivity contribution in [2.75, 3.05) is 0 Å². The average molecular weight is 277 g/mol. The first-order valence-electron chi connectivity index (χ1n) is 6.82. The Balaban J connectivity index is 2.80. The Morgan fingerprint density at radius 3 is 2.30 bits per heavy atom. The number of carbonyl (C=O) groups is 1. The van der Waals surface area contributed by atoms with Crippen LogP contribution in [0.15, 0.2) is 29.4 Å². The molecule has 0 saturated carbocycles. The summed E-state index contributed by atoms with van der Waals surface area (Å²) in [6.07, 6.45) is 0.970. The molecular formula is C15H23N3O2. The lowest BCUT2D eigenvalue weighted by molar-refractivity contribution is -0.128.